The number of amides is 1. The molecule has 0 aliphatic carbocycles. The van der Waals surface area contributed by atoms with Gasteiger partial charge in [0.05, 0.1) is 49.9 Å². The van der Waals surface area contributed by atoms with E-state index in [0.717, 1.165) is 37.0 Å². The van der Waals surface area contributed by atoms with Gasteiger partial charge in [-0.3, -0.25) is 9.78 Å². The van der Waals surface area contributed by atoms with E-state index in [1.165, 1.54) is 0 Å². The fraction of sp³-hybridized carbons (Fsp3) is 0.571. The first kappa shape index (κ1) is 22.7. The van der Waals surface area contributed by atoms with E-state index in [9.17, 15) is 13.6 Å². The van der Waals surface area contributed by atoms with Crippen molar-refractivity contribution in [1.82, 2.24) is 9.97 Å². The van der Waals surface area contributed by atoms with Gasteiger partial charge in [0.25, 0.3) is 5.91 Å². The molecule has 2 N–H and O–H groups in total. The van der Waals surface area contributed by atoms with E-state index in [2.05, 4.69) is 19.6 Å². The number of fused-ring (bicyclic) bond motifs is 1. The molecule has 174 valence electrons. The van der Waals surface area contributed by atoms with E-state index in [1.807, 2.05) is 0 Å². The Bertz CT molecular complexity index is 926. The number of rotatable bonds is 9. The van der Waals surface area contributed by atoms with Crippen molar-refractivity contribution in [3.05, 3.63) is 30.2 Å². The molecule has 4 heterocycles. The topological polar surface area (TPSA) is 109 Å². The number of piperidine rings is 1. The smallest absolute Gasteiger partial charge is 0.345 e. The lowest BCUT2D eigenvalue weighted by atomic mass is 10.1. The standard InChI is InChI=1S/C21H26F2N4O5/c22-21(23)32-18-12-29-11-17(18)31-8-7-30-14-3-5-27(6-4-14)16-10-25-9-13-1-2-15(20(24)28)26-19(13)16/h1-2,9-10,14,17-18,21H,3-8,11-12H2,(H2,24,28). The number of carbonyl (C=O) groups excluding carboxylic acids is 1. The Kier molecular flexibility index (Phi) is 7.40. The fourth-order valence-electron chi connectivity index (χ4n) is 4.00. The van der Waals surface area contributed by atoms with Gasteiger partial charge in [-0.2, -0.15) is 8.78 Å². The van der Waals surface area contributed by atoms with Crippen LogP contribution in [0.25, 0.3) is 10.9 Å². The number of ether oxygens (including phenoxy) is 4. The molecule has 2 aromatic heterocycles. The van der Waals surface area contributed by atoms with Gasteiger partial charge in [0.2, 0.25) is 0 Å². The lowest BCUT2D eigenvalue weighted by molar-refractivity contribution is -0.185. The fourth-order valence-corrected chi connectivity index (χ4v) is 4.00. The van der Waals surface area contributed by atoms with E-state index in [4.69, 9.17) is 19.9 Å². The van der Waals surface area contributed by atoms with Crippen LogP contribution in [0.15, 0.2) is 24.5 Å². The first-order chi connectivity index (χ1) is 15.5. The number of aromatic nitrogens is 2. The van der Waals surface area contributed by atoms with E-state index >= 15 is 0 Å². The highest BCUT2D eigenvalue weighted by Gasteiger charge is 2.32. The van der Waals surface area contributed by atoms with Gasteiger partial charge in [0.15, 0.2) is 0 Å². The summed E-state index contributed by atoms with van der Waals surface area (Å²) in [6.45, 7) is -0.367. The lowest BCUT2D eigenvalue weighted by Gasteiger charge is -2.33. The van der Waals surface area contributed by atoms with Gasteiger partial charge in [-0.1, -0.05) is 0 Å². The van der Waals surface area contributed by atoms with Gasteiger partial charge < -0.3 is 29.6 Å². The normalized spacial score (nSPS) is 22.2. The van der Waals surface area contributed by atoms with Crippen molar-refractivity contribution < 1.29 is 32.5 Å². The van der Waals surface area contributed by atoms with Crippen molar-refractivity contribution in [3.8, 4) is 0 Å². The average molecular weight is 452 g/mol. The van der Waals surface area contributed by atoms with Crippen LogP contribution < -0.4 is 10.6 Å². The third-order valence-corrected chi connectivity index (χ3v) is 5.64. The minimum atomic E-state index is -2.84. The summed E-state index contributed by atoms with van der Waals surface area (Å²) in [6, 6.07) is 3.39. The maximum atomic E-state index is 12.4. The predicted octanol–water partition coefficient (Wildman–Crippen LogP) is 1.74. The molecule has 2 unspecified atom stereocenters. The number of anilines is 1. The number of nitrogens with two attached hydrogens (primary N) is 1. The number of carbonyl (C=O) groups is 1. The third kappa shape index (κ3) is 5.47. The van der Waals surface area contributed by atoms with Crippen molar-refractivity contribution in [2.75, 3.05) is 44.4 Å². The molecule has 9 nitrogen and oxygen atoms in total. The third-order valence-electron chi connectivity index (χ3n) is 5.64. The maximum absolute atomic E-state index is 12.4. The molecular formula is C21H26F2N4O5. The maximum Gasteiger partial charge on any atom is 0.345 e. The van der Waals surface area contributed by atoms with E-state index < -0.39 is 24.7 Å². The SMILES string of the molecule is NC(=O)c1ccc2cncc(N3CCC(OCCOC4COCC4OC(F)F)CC3)c2n1. The van der Waals surface area contributed by atoms with Crippen LogP contribution in [0.3, 0.4) is 0 Å². The van der Waals surface area contributed by atoms with E-state index in [1.54, 1.807) is 24.5 Å². The Hall–Kier alpha value is -2.47. The van der Waals surface area contributed by atoms with Crippen LogP contribution in [0.2, 0.25) is 0 Å². The number of pyridine rings is 2. The van der Waals surface area contributed by atoms with Crippen molar-refractivity contribution in [2.45, 2.75) is 37.8 Å². The number of primary amides is 1. The number of halogens is 2. The largest absolute Gasteiger partial charge is 0.376 e. The molecule has 2 aliphatic rings. The summed E-state index contributed by atoms with van der Waals surface area (Å²) in [5, 5.41) is 0.841. The molecule has 32 heavy (non-hydrogen) atoms. The molecule has 2 aliphatic heterocycles. The molecule has 2 fully saturated rings. The van der Waals surface area contributed by atoms with Gasteiger partial charge in [0.1, 0.15) is 17.9 Å². The Labute approximate surface area is 183 Å². The lowest BCUT2D eigenvalue weighted by Crippen LogP contribution is -2.38. The monoisotopic (exact) mass is 452 g/mol. The van der Waals surface area contributed by atoms with Crippen LogP contribution in [-0.2, 0) is 18.9 Å². The second-order valence-corrected chi connectivity index (χ2v) is 7.73. The summed E-state index contributed by atoms with van der Waals surface area (Å²) >= 11 is 0. The number of hydrogen-bond acceptors (Lipinski definition) is 8. The predicted molar refractivity (Wildman–Crippen MR) is 111 cm³/mol. The molecule has 11 heteroatoms. The summed E-state index contributed by atoms with van der Waals surface area (Å²) in [5.41, 5.74) is 7.15. The Morgan fingerprint density at radius 1 is 1.16 bits per heavy atom. The molecule has 4 rings (SSSR count). The number of alkyl halides is 2. The zero-order chi connectivity index (χ0) is 22.5. The van der Waals surface area contributed by atoms with Crippen molar-refractivity contribution >= 4 is 22.5 Å². The highest BCUT2D eigenvalue weighted by Crippen LogP contribution is 2.27. The van der Waals surface area contributed by atoms with Crippen molar-refractivity contribution in [2.24, 2.45) is 5.73 Å². The van der Waals surface area contributed by atoms with Gasteiger partial charge in [-0.15, -0.1) is 0 Å². The molecule has 2 saturated heterocycles. The molecule has 0 bridgehead atoms. The van der Waals surface area contributed by atoms with Crippen molar-refractivity contribution in [3.63, 3.8) is 0 Å². The second-order valence-electron chi connectivity index (χ2n) is 7.73. The summed E-state index contributed by atoms with van der Waals surface area (Å²) in [5.74, 6) is -0.569. The van der Waals surface area contributed by atoms with Crippen LogP contribution in [0.5, 0.6) is 0 Å². The minimum Gasteiger partial charge on any atom is -0.376 e. The average Bonchev–Trinajstić information content (AvgIpc) is 3.22. The van der Waals surface area contributed by atoms with Crippen LogP contribution >= 0.6 is 0 Å². The Morgan fingerprint density at radius 3 is 2.66 bits per heavy atom. The summed E-state index contributed by atoms with van der Waals surface area (Å²) in [4.78, 5) is 22.4. The molecule has 0 radical (unpaired) electrons. The molecule has 0 spiro atoms. The summed E-state index contributed by atoms with van der Waals surface area (Å²) in [7, 11) is 0. The van der Waals surface area contributed by atoms with Crippen molar-refractivity contribution in [1.29, 1.82) is 0 Å². The highest BCUT2D eigenvalue weighted by molar-refractivity contribution is 5.96. The zero-order valence-electron chi connectivity index (χ0n) is 17.5. The van der Waals surface area contributed by atoms with E-state index in [-0.39, 0.29) is 31.6 Å². The van der Waals surface area contributed by atoms with E-state index in [0.29, 0.717) is 12.1 Å². The Balaban J connectivity index is 1.25. The molecular weight excluding hydrogens is 426 g/mol. The first-order valence-corrected chi connectivity index (χ1v) is 10.6. The molecule has 2 atom stereocenters. The molecule has 0 saturated carbocycles. The Morgan fingerprint density at radius 2 is 1.91 bits per heavy atom. The number of nitrogens with zero attached hydrogens (tertiary/aromatic N) is 3. The summed E-state index contributed by atoms with van der Waals surface area (Å²) < 4.78 is 46.0. The van der Waals surface area contributed by atoms with Gasteiger partial charge in [-0.05, 0) is 25.0 Å². The van der Waals surface area contributed by atoms with Gasteiger partial charge in [-0.25, -0.2) is 4.98 Å². The molecule has 2 aromatic rings. The number of hydrogen-bond donors (Lipinski definition) is 1. The zero-order valence-corrected chi connectivity index (χ0v) is 17.5. The molecule has 0 aromatic carbocycles. The van der Waals surface area contributed by atoms with Crippen LogP contribution in [0.1, 0.15) is 23.3 Å². The highest BCUT2D eigenvalue weighted by atomic mass is 19.3. The summed E-state index contributed by atoms with van der Waals surface area (Å²) in [6.07, 6.45) is 3.86. The van der Waals surface area contributed by atoms with Crippen LogP contribution in [0, 0.1) is 0 Å². The minimum absolute atomic E-state index is 0.0693. The first-order valence-electron chi connectivity index (χ1n) is 10.6. The van der Waals surface area contributed by atoms with Crippen LogP contribution in [0.4, 0.5) is 14.5 Å². The van der Waals surface area contributed by atoms with Crippen LogP contribution in [-0.4, -0.2) is 80.3 Å². The second kappa shape index (κ2) is 10.4. The quantitative estimate of drug-likeness (QED) is 0.573. The van der Waals surface area contributed by atoms with Gasteiger partial charge >= 0.3 is 6.61 Å². The molecule has 1 amide bonds. The van der Waals surface area contributed by atoms with Gasteiger partial charge in [0, 0.05) is 24.7 Å².